The van der Waals surface area contributed by atoms with Crippen molar-refractivity contribution in [2.75, 3.05) is 32.8 Å². The quantitative estimate of drug-likeness (QED) is 0.253. The number of aliphatic hydroxyl groups excluding tert-OH is 1. The molecule has 0 aliphatic rings. The standard InChI is InChI=1S/C26H24ClFN2O5/c1-33-18-11-17(12-19(13-18)35-8-7-31)30-25(21-5-3-15(27)9-24(21)34-2)26(32)22-14-29-23-10-16(28)4-6-20(22)23/h3-6,9-14,25,29-31H,7-8H2,1-2H3/i25D. The molecule has 0 saturated carbocycles. The van der Waals surface area contributed by atoms with E-state index in [2.05, 4.69) is 10.3 Å². The van der Waals surface area contributed by atoms with E-state index in [1.165, 1.54) is 50.7 Å². The number of fused-ring (bicyclic) bond motifs is 1. The Morgan fingerprint density at radius 1 is 1.14 bits per heavy atom. The van der Waals surface area contributed by atoms with Crippen LogP contribution in [0.25, 0.3) is 10.9 Å². The number of benzene rings is 3. The highest BCUT2D eigenvalue weighted by atomic mass is 35.5. The van der Waals surface area contributed by atoms with Gasteiger partial charge >= 0.3 is 0 Å². The van der Waals surface area contributed by atoms with Gasteiger partial charge in [-0.05, 0) is 30.3 Å². The Morgan fingerprint density at radius 3 is 2.69 bits per heavy atom. The minimum Gasteiger partial charge on any atom is -0.497 e. The van der Waals surface area contributed by atoms with Crippen molar-refractivity contribution in [1.82, 2.24) is 4.98 Å². The van der Waals surface area contributed by atoms with Gasteiger partial charge in [0.05, 0.1) is 22.2 Å². The molecule has 4 rings (SSSR count). The molecule has 0 radical (unpaired) electrons. The third-order valence-electron chi connectivity index (χ3n) is 5.29. The van der Waals surface area contributed by atoms with E-state index in [9.17, 15) is 10.6 Å². The molecular formula is C26H24ClFN2O5. The van der Waals surface area contributed by atoms with Crippen LogP contribution in [0.4, 0.5) is 10.1 Å². The Labute approximate surface area is 207 Å². The molecule has 182 valence electrons. The van der Waals surface area contributed by atoms with E-state index in [4.69, 9.17) is 30.9 Å². The van der Waals surface area contributed by atoms with Gasteiger partial charge in [0.25, 0.3) is 0 Å². The van der Waals surface area contributed by atoms with E-state index in [1.54, 1.807) is 24.3 Å². The molecule has 35 heavy (non-hydrogen) atoms. The first-order chi connectivity index (χ1) is 17.3. The molecule has 0 aliphatic carbocycles. The second-order valence-electron chi connectivity index (χ2n) is 7.54. The van der Waals surface area contributed by atoms with Crippen LogP contribution in [0.2, 0.25) is 5.02 Å². The number of H-pyrrole nitrogens is 1. The number of hydrogen-bond donors (Lipinski definition) is 3. The average molecular weight is 500 g/mol. The number of Topliss-reactive ketones (excluding diaryl/α,β-unsaturated/α-hetero) is 1. The molecular weight excluding hydrogens is 475 g/mol. The molecule has 0 fully saturated rings. The third-order valence-corrected chi connectivity index (χ3v) is 5.53. The number of hydrogen-bond acceptors (Lipinski definition) is 6. The van der Waals surface area contributed by atoms with E-state index in [-0.39, 0.29) is 30.1 Å². The number of aliphatic hydroxyl groups is 1. The number of nitrogens with one attached hydrogen (secondary N) is 2. The monoisotopic (exact) mass is 499 g/mol. The number of carbonyl (C=O) groups is 1. The summed E-state index contributed by atoms with van der Waals surface area (Å²) in [4.78, 5) is 16.9. The lowest BCUT2D eigenvalue weighted by molar-refractivity contribution is 0.0970. The van der Waals surface area contributed by atoms with Crippen molar-refractivity contribution in [3.63, 3.8) is 0 Å². The van der Waals surface area contributed by atoms with Crippen molar-refractivity contribution in [2.24, 2.45) is 0 Å². The van der Waals surface area contributed by atoms with Crippen LogP contribution in [-0.4, -0.2) is 43.3 Å². The zero-order valence-corrected chi connectivity index (χ0v) is 19.8. The summed E-state index contributed by atoms with van der Waals surface area (Å²) in [5, 5.41) is 13.0. The van der Waals surface area contributed by atoms with Crippen LogP contribution in [0.3, 0.4) is 0 Å². The molecule has 1 heterocycles. The van der Waals surface area contributed by atoms with Crippen molar-refractivity contribution in [3.05, 3.63) is 82.8 Å². The zero-order valence-electron chi connectivity index (χ0n) is 20.0. The molecule has 4 aromatic rings. The molecule has 0 saturated heterocycles. The molecule has 3 N–H and O–H groups in total. The van der Waals surface area contributed by atoms with Gasteiger partial charge in [0.15, 0.2) is 5.78 Å². The highest BCUT2D eigenvalue weighted by Gasteiger charge is 2.28. The van der Waals surface area contributed by atoms with E-state index in [1.807, 2.05) is 0 Å². The number of rotatable bonds is 10. The maximum Gasteiger partial charge on any atom is 0.191 e. The number of anilines is 1. The largest absolute Gasteiger partial charge is 0.497 e. The lowest BCUT2D eigenvalue weighted by Crippen LogP contribution is -2.22. The highest BCUT2D eigenvalue weighted by molar-refractivity contribution is 6.30. The van der Waals surface area contributed by atoms with Crippen molar-refractivity contribution >= 4 is 34.0 Å². The van der Waals surface area contributed by atoms with Crippen LogP contribution in [0.5, 0.6) is 17.2 Å². The molecule has 0 aliphatic heterocycles. The third kappa shape index (κ3) is 5.34. The van der Waals surface area contributed by atoms with Crippen molar-refractivity contribution in [2.45, 2.75) is 6.02 Å². The molecule has 0 bridgehead atoms. The van der Waals surface area contributed by atoms with Gasteiger partial charge in [-0.3, -0.25) is 4.79 Å². The molecule has 1 atom stereocenters. The number of methoxy groups -OCH3 is 2. The molecule has 1 unspecified atom stereocenters. The second kappa shape index (κ2) is 10.7. The number of aromatic nitrogens is 1. The first-order valence-electron chi connectivity index (χ1n) is 11.2. The summed E-state index contributed by atoms with van der Waals surface area (Å²) < 4.78 is 39.5. The first-order valence-corrected chi connectivity index (χ1v) is 11.0. The summed E-state index contributed by atoms with van der Waals surface area (Å²) in [6.07, 6.45) is 1.45. The molecule has 0 spiro atoms. The van der Waals surface area contributed by atoms with Gasteiger partial charge in [0, 0.05) is 57.1 Å². The second-order valence-corrected chi connectivity index (χ2v) is 7.97. The average Bonchev–Trinajstić information content (AvgIpc) is 3.29. The predicted molar refractivity (Wildman–Crippen MR) is 133 cm³/mol. The summed E-state index contributed by atoms with van der Waals surface area (Å²) in [5.74, 6) is -0.0741. The van der Waals surface area contributed by atoms with E-state index >= 15 is 0 Å². The number of ketones is 1. The highest BCUT2D eigenvalue weighted by Crippen LogP contribution is 2.36. The number of halogens is 2. The van der Waals surface area contributed by atoms with Crippen LogP contribution >= 0.6 is 11.6 Å². The first kappa shape index (κ1) is 23.0. The van der Waals surface area contributed by atoms with E-state index in [0.29, 0.717) is 33.1 Å². The maximum absolute atomic E-state index is 14.0. The van der Waals surface area contributed by atoms with Crippen LogP contribution in [0, 0.1) is 5.82 Å². The Bertz CT molecular complexity index is 1410. The maximum atomic E-state index is 14.0. The molecule has 7 nitrogen and oxygen atoms in total. The summed E-state index contributed by atoms with van der Waals surface area (Å²) in [7, 11) is 2.89. The van der Waals surface area contributed by atoms with Crippen LogP contribution in [0.1, 0.15) is 23.3 Å². The van der Waals surface area contributed by atoms with Crippen molar-refractivity contribution in [1.29, 1.82) is 0 Å². The number of ether oxygens (including phenoxy) is 3. The molecule has 0 amide bonds. The predicted octanol–water partition coefficient (Wildman–Crippen LogP) is 5.38. The van der Waals surface area contributed by atoms with Crippen LogP contribution < -0.4 is 19.5 Å². The van der Waals surface area contributed by atoms with Gasteiger partial charge in [0.2, 0.25) is 0 Å². The van der Waals surface area contributed by atoms with Crippen LogP contribution in [0.15, 0.2) is 60.8 Å². The molecule has 1 aromatic heterocycles. The molecule has 3 aromatic carbocycles. The van der Waals surface area contributed by atoms with E-state index < -0.39 is 17.6 Å². The Hall–Kier alpha value is -3.75. The summed E-state index contributed by atoms with van der Waals surface area (Å²) in [6, 6.07) is 11.3. The summed E-state index contributed by atoms with van der Waals surface area (Å²) in [5.41, 5.74) is 1.15. The fourth-order valence-electron chi connectivity index (χ4n) is 3.69. The summed E-state index contributed by atoms with van der Waals surface area (Å²) in [6.45, 7) is -0.140. The fraction of sp³-hybridized carbons (Fsp3) is 0.192. The minimum absolute atomic E-state index is 0.0501. The van der Waals surface area contributed by atoms with Crippen molar-refractivity contribution < 1.29 is 29.9 Å². The Kier molecular flexibility index (Phi) is 7.02. The molecule has 9 heteroatoms. The Morgan fingerprint density at radius 2 is 1.94 bits per heavy atom. The van der Waals surface area contributed by atoms with Crippen LogP contribution in [-0.2, 0) is 0 Å². The minimum atomic E-state index is -2.11. The van der Waals surface area contributed by atoms with E-state index in [0.717, 1.165) is 0 Å². The van der Waals surface area contributed by atoms with Crippen molar-refractivity contribution in [3.8, 4) is 17.2 Å². The van der Waals surface area contributed by atoms with Gasteiger partial charge in [-0.2, -0.15) is 0 Å². The number of aromatic amines is 1. The van der Waals surface area contributed by atoms with Gasteiger partial charge in [-0.15, -0.1) is 0 Å². The Balaban J connectivity index is 1.87. The zero-order chi connectivity index (χ0) is 25.9. The SMILES string of the molecule is [2H]C(Nc1cc(OC)cc(OCCO)c1)(C(=O)c1c[nH]c2cc(F)ccc12)c1ccc(Cl)cc1OC. The van der Waals surface area contributed by atoms with Gasteiger partial charge in [-0.25, -0.2) is 4.39 Å². The normalized spacial score (nSPS) is 13.1. The smallest absolute Gasteiger partial charge is 0.191 e. The number of carbonyl (C=O) groups excluding carboxylic acids is 1. The van der Waals surface area contributed by atoms with Gasteiger partial charge in [0.1, 0.15) is 35.7 Å². The topological polar surface area (TPSA) is 92.8 Å². The van der Waals surface area contributed by atoms with Gasteiger partial charge < -0.3 is 29.6 Å². The fourth-order valence-corrected chi connectivity index (χ4v) is 3.85. The lowest BCUT2D eigenvalue weighted by atomic mass is 9.95. The van der Waals surface area contributed by atoms with Gasteiger partial charge in [-0.1, -0.05) is 17.7 Å². The summed E-state index contributed by atoms with van der Waals surface area (Å²) >= 11 is 6.15. The lowest BCUT2D eigenvalue weighted by Gasteiger charge is -2.22.